The lowest BCUT2D eigenvalue weighted by Crippen LogP contribution is -2.13. The van der Waals surface area contributed by atoms with Crippen LogP contribution >= 0.6 is 0 Å². The van der Waals surface area contributed by atoms with E-state index in [0.29, 0.717) is 12.3 Å². The molecule has 0 heterocycles. The van der Waals surface area contributed by atoms with E-state index in [-0.39, 0.29) is 17.0 Å². The second kappa shape index (κ2) is 6.91. The number of carbonyl (C=O) groups is 1. The Kier molecular flexibility index (Phi) is 4.95. The van der Waals surface area contributed by atoms with Crippen LogP contribution in [0.3, 0.4) is 0 Å². The highest BCUT2D eigenvalue weighted by atomic mass is 16.6. The molecule has 0 aliphatic rings. The van der Waals surface area contributed by atoms with Crippen molar-refractivity contribution in [2.45, 2.75) is 20.8 Å². The Morgan fingerprint density at radius 3 is 2.65 bits per heavy atom. The van der Waals surface area contributed by atoms with Crippen LogP contribution in [-0.2, 0) is 0 Å². The fourth-order valence-corrected chi connectivity index (χ4v) is 2.16. The van der Waals surface area contributed by atoms with Gasteiger partial charge in [0.15, 0.2) is 5.75 Å². The van der Waals surface area contributed by atoms with Gasteiger partial charge in [0.1, 0.15) is 0 Å². The standard InChI is InChI=1S/C17H18N2O4/c1-4-23-16-9-8-13(10-15(16)19(21)22)17(20)18-14-7-5-6-11(2)12(14)3/h5-10H,4H2,1-3H3,(H,18,20). The number of nitro groups is 1. The molecule has 0 radical (unpaired) electrons. The van der Waals surface area contributed by atoms with Crippen molar-refractivity contribution < 1.29 is 14.5 Å². The number of hydrogen-bond donors (Lipinski definition) is 1. The Bertz CT molecular complexity index is 756. The van der Waals surface area contributed by atoms with Crippen LogP contribution in [0.4, 0.5) is 11.4 Å². The highest BCUT2D eigenvalue weighted by molar-refractivity contribution is 6.05. The van der Waals surface area contributed by atoms with Crippen molar-refractivity contribution in [3.63, 3.8) is 0 Å². The molecule has 0 aromatic heterocycles. The van der Waals surface area contributed by atoms with E-state index in [9.17, 15) is 14.9 Å². The molecule has 0 atom stereocenters. The molecule has 6 nitrogen and oxygen atoms in total. The largest absolute Gasteiger partial charge is 0.487 e. The number of nitrogens with one attached hydrogen (secondary N) is 1. The molecular formula is C17H18N2O4. The Morgan fingerprint density at radius 2 is 2.00 bits per heavy atom. The number of benzene rings is 2. The number of carbonyl (C=O) groups excluding carboxylic acids is 1. The molecule has 23 heavy (non-hydrogen) atoms. The molecule has 0 saturated carbocycles. The summed E-state index contributed by atoms with van der Waals surface area (Å²) in [6.07, 6.45) is 0. The van der Waals surface area contributed by atoms with Crippen molar-refractivity contribution in [3.8, 4) is 5.75 Å². The van der Waals surface area contributed by atoms with Gasteiger partial charge in [0.2, 0.25) is 0 Å². The van der Waals surface area contributed by atoms with Crippen molar-refractivity contribution in [1.82, 2.24) is 0 Å². The maximum Gasteiger partial charge on any atom is 0.311 e. The molecule has 0 aliphatic carbocycles. The zero-order chi connectivity index (χ0) is 17.0. The quantitative estimate of drug-likeness (QED) is 0.671. The first kappa shape index (κ1) is 16.5. The van der Waals surface area contributed by atoms with Gasteiger partial charge in [-0.3, -0.25) is 14.9 Å². The summed E-state index contributed by atoms with van der Waals surface area (Å²) in [5.41, 5.74) is 2.69. The van der Waals surface area contributed by atoms with Gasteiger partial charge in [0.05, 0.1) is 11.5 Å². The van der Waals surface area contributed by atoms with Crippen LogP contribution in [0, 0.1) is 24.0 Å². The molecule has 1 amide bonds. The summed E-state index contributed by atoms with van der Waals surface area (Å²) < 4.78 is 5.21. The van der Waals surface area contributed by atoms with Crippen LogP contribution in [0.5, 0.6) is 5.75 Å². The van der Waals surface area contributed by atoms with Crippen LogP contribution in [0.1, 0.15) is 28.4 Å². The molecule has 0 spiro atoms. The van der Waals surface area contributed by atoms with Gasteiger partial charge >= 0.3 is 5.69 Å². The molecule has 2 rings (SSSR count). The molecule has 1 N–H and O–H groups in total. The Hall–Kier alpha value is -2.89. The van der Waals surface area contributed by atoms with Gasteiger partial charge in [-0.2, -0.15) is 0 Å². The summed E-state index contributed by atoms with van der Waals surface area (Å²) in [7, 11) is 0. The normalized spacial score (nSPS) is 10.2. The van der Waals surface area contributed by atoms with Crippen molar-refractivity contribution in [2.24, 2.45) is 0 Å². The lowest BCUT2D eigenvalue weighted by molar-refractivity contribution is -0.385. The summed E-state index contributed by atoms with van der Waals surface area (Å²) in [6.45, 7) is 5.91. The molecule has 2 aromatic carbocycles. The molecule has 0 aliphatic heterocycles. The summed E-state index contributed by atoms with van der Waals surface area (Å²) in [5, 5.41) is 13.9. The van der Waals surface area contributed by atoms with Gasteiger partial charge in [-0.15, -0.1) is 0 Å². The summed E-state index contributed by atoms with van der Waals surface area (Å²) in [5.74, 6) is -0.245. The summed E-state index contributed by atoms with van der Waals surface area (Å²) >= 11 is 0. The van der Waals surface area contributed by atoms with Gasteiger partial charge in [0.25, 0.3) is 5.91 Å². The van der Waals surface area contributed by atoms with Crippen LogP contribution in [0.2, 0.25) is 0 Å². The topological polar surface area (TPSA) is 81.5 Å². The van der Waals surface area contributed by atoms with E-state index < -0.39 is 10.8 Å². The van der Waals surface area contributed by atoms with E-state index in [1.165, 1.54) is 18.2 Å². The van der Waals surface area contributed by atoms with Gasteiger partial charge in [0, 0.05) is 17.3 Å². The van der Waals surface area contributed by atoms with Gasteiger partial charge in [-0.25, -0.2) is 0 Å². The smallest absolute Gasteiger partial charge is 0.311 e. The highest BCUT2D eigenvalue weighted by Gasteiger charge is 2.19. The molecule has 0 bridgehead atoms. The summed E-state index contributed by atoms with van der Waals surface area (Å²) in [6, 6.07) is 9.78. The third kappa shape index (κ3) is 3.66. The number of amides is 1. The third-order valence-corrected chi connectivity index (χ3v) is 3.57. The van der Waals surface area contributed by atoms with Crippen LogP contribution in [-0.4, -0.2) is 17.4 Å². The molecule has 120 valence electrons. The monoisotopic (exact) mass is 314 g/mol. The zero-order valence-corrected chi connectivity index (χ0v) is 13.3. The first-order valence-electron chi connectivity index (χ1n) is 7.22. The first-order chi connectivity index (χ1) is 10.9. The van der Waals surface area contributed by atoms with E-state index >= 15 is 0 Å². The van der Waals surface area contributed by atoms with E-state index in [0.717, 1.165) is 11.1 Å². The number of nitro benzene ring substituents is 1. The zero-order valence-electron chi connectivity index (χ0n) is 13.3. The maximum atomic E-state index is 12.3. The number of nitrogens with zero attached hydrogens (tertiary/aromatic N) is 1. The van der Waals surface area contributed by atoms with Gasteiger partial charge in [-0.05, 0) is 50.1 Å². The van der Waals surface area contributed by atoms with E-state index in [2.05, 4.69) is 5.32 Å². The minimum Gasteiger partial charge on any atom is -0.487 e. The Balaban J connectivity index is 2.31. The van der Waals surface area contributed by atoms with Crippen LogP contribution < -0.4 is 10.1 Å². The average molecular weight is 314 g/mol. The second-order valence-electron chi connectivity index (χ2n) is 5.07. The van der Waals surface area contributed by atoms with E-state index in [4.69, 9.17) is 4.74 Å². The lowest BCUT2D eigenvalue weighted by Gasteiger charge is -2.11. The number of rotatable bonds is 5. The fourth-order valence-electron chi connectivity index (χ4n) is 2.16. The number of ether oxygens (including phenoxy) is 1. The van der Waals surface area contributed by atoms with Crippen LogP contribution in [0.15, 0.2) is 36.4 Å². The average Bonchev–Trinajstić information content (AvgIpc) is 2.52. The van der Waals surface area contributed by atoms with Crippen molar-refractivity contribution >= 4 is 17.3 Å². The van der Waals surface area contributed by atoms with E-state index in [1.54, 1.807) is 13.0 Å². The second-order valence-corrected chi connectivity index (χ2v) is 5.07. The number of aryl methyl sites for hydroxylation is 1. The van der Waals surface area contributed by atoms with Crippen molar-refractivity contribution in [1.29, 1.82) is 0 Å². The highest BCUT2D eigenvalue weighted by Crippen LogP contribution is 2.28. The van der Waals surface area contributed by atoms with Gasteiger partial charge in [-0.1, -0.05) is 12.1 Å². The minimum absolute atomic E-state index is 0.154. The molecule has 0 fully saturated rings. The van der Waals surface area contributed by atoms with Crippen molar-refractivity contribution in [2.75, 3.05) is 11.9 Å². The molecule has 6 heteroatoms. The molecule has 2 aromatic rings. The third-order valence-electron chi connectivity index (χ3n) is 3.57. The Morgan fingerprint density at radius 1 is 1.26 bits per heavy atom. The fraction of sp³-hybridized carbons (Fsp3) is 0.235. The van der Waals surface area contributed by atoms with Crippen LogP contribution in [0.25, 0.3) is 0 Å². The molecule has 0 saturated heterocycles. The predicted octanol–water partition coefficient (Wildman–Crippen LogP) is 3.86. The SMILES string of the molecule is CCOc1ccc(C(=O)Nc2cccc(C)c2C)cc1[N+](=O)[O-]. The predicted molar refractivity (Wildman–Crippen MR) is 88.1 cm³/mol. The maximum absolute atomic E-state index is 12.3. The number of hydrogen-bond acceptors (Lipinski definition) is 4. The lowest BCUT2D eigenvalue weighted by atomic mass is 10.1. The van der Waals surface area contributed by atoms with E-state index in [1.807, 2.05) is 26.0 Å². The minimum atomic E-state index is -0.556. The summed E-state index contributed by atoms with van der Waals surface area (Å²) in [4.78, 5) is 22.9. The van der Waals surface area contributed by atoms with Crippen molar-refractivity contribution in [3.05, 3.63) is 63.2 Å². The number of anilines is 1. The molecule has 0 unspecified atom stereocenters. The Labute approximate surface area is 134 Å². The van der Waals surface area contributed by atoms with Gasteiger partial charge < -0.3 is 10.1 Å². The molecular weight excluding hydrogens is 296 g/mol. The first-order valence-corrected chi connectivity index (χ1v) is 7.22.